The molecule has 0 unspecified atom stereocenters. The minimum atomic E-state index is -3.46. The summed E-state index contributed by atoms with van der Waals surface area (Å²) in [5, 5.41) is 3.75. The summed E-state index contributed by atoms with van der Waals surface area (Å²) >= 11 is 1.29. The summed E-state index contributed by atoms with van der Waals surface area (Å²) in [6, 6.07) is 7.05. The lowest BCUT2D eigenvalue weighted by Gasteiger charge is -2.13. The van der Waals surface area contributed by atoms with E-state index in [2.05, 4.69) is 14.3 Å². The van der Waals surface area contributed by atoms with E-state index in [4.69, 9.17) is 0 Å². The Bertz CT molecular complexity index is 606. The molecule has 0 radical (unpaired) electrons. The van der Waals surface area contributed by atoms with E-state index in [-0.39, 0.29) is 0 Å². The smallest absolute Gasteiger partial charge is 0.271 e. The van der Waals surface area contributed by atoms with Crippen LogP contribution >= 0.6 is 11.5 Å². The number of aromatic nitrogens is 2. The van der Waals surface area contributed by atoms with Gasteiger partial charge in [-0.05, 0) is 29.2 Å². The van der Waals surface area contributed by atoms with Crippen LogP contribution in [-0.4, -0.2) is 36.4 Å². The van der Waals surface area contributed by atoms with Crippen molar-refractivity contribution in [1.82, 2.24) is 13.9 Å². The molecule has 96 valence electrons. The van der Waals surface area contributed by atoms with Crippen LogP contribution in [0.4, 0.5) is 5.69 Å². The molecule has 18 heavy (non-hydrogen) atoms. The summed E-state index contributed by atoms with van der Waals surface area (Å²) in [5.74, 6) is 0. The second kappa shape index (κ2) is 5.01. The third kappa shape index (κ3) is 2.84. The summed E-state index contributed by atoms with van der Waals surface area (Å²) < 4.78 is 30.6. The van der Waals surface area contributed by atoms with Crippen LogP contribution in [0.3, 0.4) is 0 Å². The number of rotatable bonds is 4. The number of anilines is 1. The molecule has 0 aliphatic rings. The van der Waals surface area contributed by atoms with Crippen molar-refractivity contribution in [3.8, 4) is 10.4 Å². The number of nitrogens with zero attached hydrogens (tertiary/aromatic N) is 3. The summed E-state index contributed by atoms with van der Waals surface area (Å²) in [4.78, 5) is 0.942. The number of benzene rings is 1. The van der Waals surface area contributed by atoms with Crippen LogP contribution in [0.25, 0.3) is 10.4 Å². The van der Waals surface area contributed by atoms with E-state index in [1.54, 1.807) is 18.3 Å². The fourth-order valence-corrected chi connectivity index (χ4v) is 2.37. The average Bonchev–Trinajstić information content (AvgIpc) is 2.83. The summed E-state index contributed by atoms with van der Waals surface area (Å²) in [6.45, 7) is 0. The quantitative estimate of drug-likeness (QED) is 0.921. The SMILES string of the molecule is CN(C)S(=O)(=O)Nc1ccc(-c2cnns2)cc1. The molecule has 0 spiro atoms. The fraction of sp³-hybridized carbons (Fsp3) is 0.200. The van der Waals surface area contributed by atoms with E-state index in [9.17, 15) is 8.42 Å². The van der Waals surface area contributed by atoms with Gasteiger partial charge >= 0.3 is 10.2 Å². The Morgan fingerprint density at radius 1 is 1.22 bits per heavy atom. The molecular weight excluding hydrogens is 272 g/mol. The van der Waals surface area contributed by atoms with Crippen LogP contribution in [-0.2, 0) is 10.2 Å². The highest BCUT2D eigenvalue weighted by molar-refractivity contribution is 7.90. The van der Waals surface area contributed by atoms with Gasteiger partial charge in [0.15, 0.2) is 0 Å². The van der Waals surface area contributed by atoms with E-state index in [1.165, 1.54) is 25.6 Å². The molecule has 2 rings (SSSR count). The van der Waals surface area contributed by atoms with Crippen molar-refractivity contribution in [3.63, 3.8) is 0 Å². The van der Waals surface area contributed by atoms with Crippen LogP contribution in [0, 0.1) is 0 Å². The molecule has 0 aliphatic heterocycles. The Balaban J connectivity index is 2.19. The predicted molar refractivity (Wildman–Crippen MR) is 71.6 cm³/mol. The van der Waals surface area contributed by atoms with Gasteiger partial charge in [0.2, 0.25) is 0 Å². The molecule has 1 aromatic heterocycles. The molecule has 0 aliphatic carbocycles. The first-order chi connectivity index (χ1) is 8.49. The lowest BCUT2D eigenvalue weighted by molar-refractivity contribution is 0.527. The molecule has 1 heterocycles. The summed E-state index contributed by atoms with van der Waals surface area (Å²) in [5.41, 5.74) is 1.47. The zero-order valence-electron chi connectivity index (χ0n) is 9.86. The molecule has 1 aromatic carbocycles. The van der Waals surface area contributed by atoms with Crippen molar-refractivity contribution in [2.24, 2.45) is 0 Å². The standard InChI is InChI=1S/C10H12N4O2S2/c1-14(2)18(15,16)12-9-5-3-8(4-6-9)10-7-11-13-17-10/h3-7,12H,1-2H3. The van der Waals surface area contributed by atoms with Crippen LogP contribution in [0.5, 0.6) is 0 Å². The van der Waals surface area contributed by atoms with Gasteiger partial charge in [-0.25, -0.2) is 0 Å². The minimum absolute atomic E-state index is 0.518. The molecule has 0 atom stereocenters. The monoisotopic (exact) mass is 284 g/mol. The Morgan fingerprint density at radius 3 is 2.39 bits per heavy atom. The Hall–Kier alpha value is -1.51. The third-order valence-corrected chi connectivity index (χ3v) is 4.43. The maximum atomic E-state index is 11.6. The third-order valence-electron chi connectivity index (χ3n) is 2.26. The van der Waals surface area contributed by atoms with Crippen LogP contribution in [0.15, 0.2) is 30.5 Å². The molecular formula is C10H12N4O2S2. The van der Waals surface area contributed by atoms with Gasteiger partial charge in [-0.1, -0.05) is 16.6 Å². The van der Waals surface area contributed by atoms with Gasteiger partial charge < -0.3 is 0 Å². The van der Waals surface area contributed by atoms with E-state index < -0.39 is 10.2 Å². The van der Waals surface area contributed by atoms with Crippen molar-refractivity contribution >= 4 is 27.4 Å². The molecule has 6 nitrogen and oxygen atoms in total. The van der Waals surface area contributed by atoms with Crippen LogP contribution in [0.2, 0.25) is 0 Å². The summed E-state index contributed by atoms with van der Waals surface area (Å²) in [7, 11) is -0.513. The molecule has 0 saturated heterocycles. The molecule has 0 bridgehead atoms. The van der Waals surface area contributed by atoms with Crippen molar-refractivity contribution < 1.29 is 8.42 Å². The Morgan fingerprint density at radius 2 is 1.89 bits per heavy atom. The normalized spacial score (nSPS) is 11.7. The number of hydrogen-bond acceptors (Lipinski definition) is 5. The molecule has 0 fully saturated rings. The van der Waals surface area contributed by atoms with Crippen LogP contribution in [0.1, 0.15) is 0 Å². The first-order valence-corrected chi connectivity index (χ1v) is 7.28. The number of hydrogen-bond donors (Lipinski definition) is 1. The van der Waals surface area contributed by atoms with Gasteiger partial charge in [0.1, 0.15) is 0 Å². The van der Waals surface area contributed by atoms with E-state index in [0.717, 1.165) is 14.7 Å². The van der Waals surface area contributed by atoms with E-state index in [0.29, 0.717) is 5.69 Å². The maximum Gasteiger partial charge on any atom is 0.301 e. The zero-order valence-corrected chi connectivity index (χ0v) is 11.5. The second-order valence-corrected chi connectivity index (χ2v) is 6.42. The lowest BCUT2D eigenvalue weighted by Crippen LogP contribution is -2.28. The highest BCUT2D eigenvalue weighted by atomic mass is 32.2. The van der Waals surface area contributed by atoms with Gasteiger partial charge in [0.05, 0.1) is 11.1 Å². The van der Waals surface area contributed by atoms with Gasteiger partial charge in [-0.15, -0.1) is 5.10 Å². The maximum absolute atomic E-state index is 11.6. The van der Waals surface area contributed by atoms with E-state index >= 15 is 0 Å². The average molecular weight is 284 g/mol. The second-order valence-electron chi connectivity index (χ2n) is 3.75. The molecule has 1 N–H and O–H groups in total. The van der Waals surface area contributed by atoms with Crippen molar-refractivity contribution in [3.05, 3.63) is 30.5 Å². The minimum Gasteiger partial charge on any atom is -0.271 e. The van der Waals surface area contributed by atoms with Gasteiger partial charge in [-0.2, -0.15) is 12.7 Å². The highest BCUT2D eigenvalue weighted by Gasteiger charge is 2.12. The van der Waals surface area contributed by atoms with Crippen LogP contribution < -0.4 is 4.72 Å². The van der Waals surface area contributed by atoms with Gasteiger partial charge in [0.25, 0.3) is 0 Å². The van der Waals surface area contributed by atoms with Crippen molar-refractivity contribution in [2.75, 3.05) is 18.8 Å². The summed E-state index contributed by atoms with van der Waals surface area (Å²) in [6.07, 6.45) is 1.67. The fourth-order valence-electron chi connectivity index (χ4n) is 1.24. The van der Waals surface area contributed by atoms with Crippen molar-refractivity contribution in [1.29, 1.82) is 0 Å². The topological polar surface area (TPSA) is 75.2 Å². The molecule has 0 amide bonds. The lowest BCUT2D eigenvalue weighted by atomic mass is 10.2. The van der Waals surface area contributed by atoms with Gasteiger partial charge in [-0.3, -0.25) is 4.72 Å². The Kier molecular flexibility index (Phi) is 3.60. The molecule has 0 saturated carbocycles. The number of nitrogens with one attached hydrogen (secondary N) is 1. The molecule has 2 aromatic rings. The Labute approximate surface area is 110 Å². The van der Waals surface area contributed by atoms with Gasteiger partial charge in [0, 0.05) is 19.8 Å². The first-order valence-electron chi connectivity index (χ1n) is 5.07. The first kappa shape index (κ1) is 12.9. The molecule has 8 heteroatoms. The largest absolute Gasteiger partial charge is 0.301 e. The predicted octanol–water partition coefficient (Wildman–Crippen LogP) is 1.42. The highest BCUT2D eigenvalue weighted by Crippen LogP contribution is 2.23. The van der Waals surface area contributed by atoms with Crippen molar-refractivity contribution in [2.45, 2.75) is 0 Å². The zero-order chi connectivity index (χ0) is 13.2. The van der Waals surface area contributed by atoms with E-state index in [1.807, 2.05) is 12.1 Å².